The molecule has 0 aliphatic carbocycles. The minimum atomic E-state index is -0.0673. The van der Waals surface area contributed by atoms with Gasteiger partial charge in [0.05, 0.1) is 0 Å². The number of benzene rings is 1. The molecule has 13 heavy (non-hydrogen) atoms. The average molecular weight is 174 g/mol. The van der Waals surface area contributed by atoms with Crippen molar-refractivity contribution in [3.63, 3.8) is 0 Å². The van der Waals surface area contributed by atoms with Crippen LogP contribution in [0.5, 0.6) is 0 Å². The summed E-state index contributed by atoms with van der Waals surface area (Å²) in [7, 11) is 0. The molecular formula is C12H14O. The zero-order valence-electron chi connectivity index (χ0n) is 8.03. The van der Waals surface area contributed by atoms with Crippen LogP contribution in [0.2, 0.25) is 0 Å². The zero-order chi connectivity index (χ0) is 9.73. The third-order valence-corrected chi connectivity index (χ3v) is 2.11. The van der Waals surface area contributed by atoms with Gasteiger partial charge in [0.25, 0.3) is 0 Å². The first-order valence-electron chi connectivity index (χ1n) is 4.35. The van der Waals surface area contributed by atoms with Crippen LogP contribution in [0.3, 0.4) is 0 Å². The third-order valence-electron chi connectivity index (χ3n) is 2.11. The summed E-state index contributed by atoms with van der Waals surface area (Å²) in [6.07, 6.45) is 4.27. The van der Waals surface area contributed by atoms with E-state index in [1.165, 1.54) is 5.56 Å². The standard InChI is InChI=1S/C12H14O/c1-12(2,9-6-10-13)11-7-4-3-5-8-11/h3-10H,1-2H3. The Hall–Kier alpha value is -1.37. The number of allylic oxidation sites excluding steroid dienone is 2. The van der Waals surface area contributed by atoms with Gasteiger partial charge in [0.15, 0.2) is 0 Å². The second-order valence-electron chi connectivity index (χ2n) is 3.58. The molecule has 0 N–H and O–H groups in total. The number of rotatable bonds is 3. The van der Waals surface area contributed by atoms with E-state index in [0.717, 1.165) is 6.29 Å². The van der Waals surface area contributed by atoms with E-state index in [1.807, 2.05) is 24.3 Å². The summed E-state index contributed by atoms with van der Waals surface area (Å²) < 4.78 is 0. The highest BCUT2D eigenvalue weighted by Gasteiger charge is 2.15. The Morgan fingerprint density at radius 3 is 2.31 bits per heavy atom. The Bertz CT molecular complexity index is 296. The summed E-state index contributed by atoms with van der Waals surface area (Å²) in [5.74, 6) is 0. The van der Waals surface area contributed by atoms with Crippen molar-refractivity contribution in [1.29, 1.82) is 0 Å². The third kappa shape index (κ3) is 2.55. The molecule has 1 nitrogen and oxygen atoms in total. The minimum Gasteiger partial charge on any atom is -0.299 e. The molecule has 1 rings (SSSR count). The summed E-state index contributed by atoms with van der Waals surface area (Å²) in [6, 6.07) is 10.1. The van der Waals surface area contributed by atoms with Crippen molar-refractivity contribution < 1.29 is 4.79 Å². The number of hydrogen-bond acceptors (Lipinski definition) is 1. The van der Waals surface area contributed by atoms with Crippen molar-refractivity contribution in [2.75, 3.05) is 0 Å². The highest BCUT2D eigenvalue weighted by atomic mass is 16.1. The van der Waals surface area contributed by atoms with Gasteiger partial charge in [-0.3, -0.25) is 4.79 Å². The number of hydrogen-bond donors (Lipinski definition) is 0. The van der Waals surface area contributed by atoms with E-state index < -0.39 is 0 Å². The van der Waals surface area contributed by atoms with E-state index in [9.17, 15) is 4.79 Å². The fourth-order valence-corrected chi connectivity index (χ4v) is 1.24. The molecule has 0 aliphatic rings. The topological polar surface area (TPSA) is 17.1 Å². The average Bonchev–Trinajstić information content (AvgIpc) is 2.16. The van der Waals surface area contributed by atoms with Crippen LogP contribution in [0.4, 0.5) is 0 Å². The SMILES string of the molecule is CC(C)(C=CC=O)c1ccccc1. The number of aldehydes is 1. The Labute approximate surface area is 79.1 Å². The van der Waals surface area contributed by atoms with Gasteiger partial charge in [0.2, 0.25) is 0 Å². The Balaban J connectivity index is 2.93. The van der Waals surface area contributed by atoms with Crippen LogP contribution in [0.15, 0.2) is 42.5 Å². The van der Waals surface area contributed by atoms with Crippen molar-refractivity contribution in [2.24, 2.45) is 0 Å². The second-order valence-corrected chi connectivity index (χ2v) is 3.58. The lowest BCUT2D eigenvalue weighted by molar-refractivity contribution is -0.104. The van der Waals surface area contributed by atoms with Crippen molar-refractivity contribution in [3.05, 3.63) is 48.0 Å². The van der Waals surface area contributed by atoms with E-state index in [-0.39, 0.29) is 5.41 Å². The molecule has 0 heterocycles. The highest BCUT2D eigenvalue weighted by Crippen LogP contribution is 2.23. The lowest BCUT2D eigenvalue weighted by Gasteiger charge is -2.20. The predicted octanol–water partition coefficient (Wildman–Crippen LogP) is 2.72. The van der Waals surface area contributed by atoms with Gasteiger partial charge in [-0.15, -0.1) is 0 Å². The predicted molar refractivity (Wildman–Crippen MR) is 54.7 cm³/mol. The molecule has 0 saturated carbocycles. The van der Waals surface area contributed by atoms with Gasteiger partial charge < -0.3 is 0 Å². The lowest BCUT2D eigenvalue weighted by Crippen LogP contribution is -2.12. The smallest absolute Gasteiger partial charge is 0.142 e. The fraction of sp³-hybridized carbons (Fsp3) is 0.250. The molecule has 0 aromatic heterocycles. The lowest BCUT2D eigenvalue weighted by atomic mass is 9.84. The number of carbonyl (C=O) groups is 1. The molecule has 68 valence electrons. The summed E-state index contributed by atoms with van der Waals surface area (Å²) in [5, 5.41) is 0. The first kappa shape index (κ1) is 9.72. The molecule has 0 atom stereocenters. The molecule has 1 heteroatoms. The Morgan fingerprint density at radius 1 is 1.15 bits per heavy atom. The van der Waals surface area contributed by atoms with Crippen molar-refractivity contribution >= 4 is 6.29 Å². The largest absolute Gasteiger partial charge is 0.299 e. The van der Waals surface area contributed by atoms with E-state index in [2.05, 4.69) is 26.0 Å². The summed E-state index contributed by atoms with van der Waals surface area (Å²) in [5.41, 5.74) is 1.15. The van der Waals surface area contributed by atoms with Gasteiger partial charge in [-0.25, -0.2) is 0 Å². The van der Waals surface area contributed by atoms with Crippen LogP contribution in [0.1, 0.15) is 19.4 Å². The molecule has 0 aliphatic heterocycles. The first-order valence-corrected chi connectivity index (χ1v) is 4.35. The van der Waals surface area contributed by atoms with Gasteiger partial charge >= 0.3 is 0 Å². The van der Waals surface area contributed by atoms with Gasteiger partial charge in [-0.1, -0.05) is 50.3 Å². The van der Waals surface area contributed by atoms with Crippen LogP contribution < -0.4 is 0 Å². The molecule has 0 radical (unpaired) electrons. The van der Waals surface area contributed by atoms with Crippen LogP contribution in [0, 0.1) is 0 Å². The maximum Gasteiger partial charge on any atom is 0.142 e. The molecule has 0 fully saturated rings. The van der Waals surface area contributed by atoms with Crippen LogP contribution in [-0.2, 0) is 10.2 Å². The van der Waals surface area contributed by atoms with E-state index >= 15 is 0 Å². The van der Waals surface area contributed by atoms with Gasteiger partial charge in [0.1, 0.15) is 6.29 Å². The summed E-state index contributed by atoms with van der Waals surface area (Å²) in [4.78, 5) is 10.2. The van der Waals surface area contributed by atoms with Crippen LogP contribution in [0.25, 0.3) is 0 Å². The molecule has 0 unspecified atom stereocenters. The van der Waals surface area contributed by atoms with Crippen molar-refractivity contribution in [2.45, 2.75) is 19.3 Å². The molecule has 0 saturated heterocycles. The normalized spacial score (nSPS) is 11.8. The molecule has 0 spiro atoms. The maximum absolute atomic E-state index is 10.2. The molecule has 0 amide bonds. The molecule has 1 aromatic carbocycles. The zero-order valence-corrected chi connectivity index (χ0v) is 8.03. The molecular weight excluding hydrogens is 160 g/mol. The van der Waals surface area contributed by atoms with Crippen molar-refractivity contribution in [1.82, 2.24) is 0 Å². The van der Waals surface area contributed by atoms with Crippen LogP contribution in [-0.4, -0.2) is 6.29 Å². The Kier molecular flexibility index (Phi) is 3.02. The van der Waals surface area contributed by atoms with Gasteiger partial charge in [-0.05, 0) is 11.6 Å². The minimum absolute atomic E-state index is 0.0673. The first-order chi connectivity index (χ1) is 6.17. The second kappa shape index (κ2) is 4.04. The maximum atomic E-state index is 10.2. The molecule has 1 aromatic rings. The van der Waals surface area contributed by atoms with E-state index in [4.69, 9.17) is 0 Å². The monoisotopic (exact) mass is 174 g/mol. The fourth-order valence-electron chi connectivity index (χ4n) is 1.24. The van der Waals surface area contributed by atoms with E-state index in [0.29, 0.717) is 0 Å². The van der Waals surface area contributed by atoms with Gasteiger partial charge in [-0.2, -0.15) is 0 Å². The summed E-state index contributed by atoms with van der Waals surface area (Å²) in [6.45, 7) is 4.17. The highest BCUT2D eigenvalue weighted by molar-refractivity contribution is 5.65. The number of carbonyl (C=O) groups excluding carboxylic acids is 1. The quantitative estimate of drug-likeness (QED) is 0.508. The summed E-state index contributed by atoms with van der Waals surface area (Å²) >= 11 is 0. The van der Waals surface area contributed by atoms with Gasteiger partial charge in [0, 0.05) is 5.41 Å². The van der Waals surface area contributed by atoms with Crippen molar-refractivity contribution in [3.8, 4) is 0 Å². The molecule has 0 bridgehead atoms. The van der Waals surface area contributed by atoms with Crippen LogP contribution >= 0.6 is 0 Å². The van der Waals surface area contributed by atoms with E-state index in [1.54, 1.807) is 6.08 Å². The Morgan fingerprint density at radius 2 is 1.77 bits per heavy atom.